The molecule has 0 bridgehead atoms. The predicted molar refractivity (Wildman–Crippen MR) is 73.8 cm³/mol. The van der Waals surface area contributed by atoms with Crippen molar-refractivity contribution in [1.82, 2.24) is 9.88 Å². The number of aliphatic hydroxyl groups is 1. The third kappa shape index (κ3) is 2.82. The Hall–Kier alpha value is -1.13. The van der Waals surface area contributed by atoms with Gasteiger partial charge in [0.15, 0.2) is 0 Å². The standard InChI is InChI=1S/C14H23N3O/c1-11(18)13-7-4-8-15-14(13)17(3)10-12-6-5-9-16(12)2/h4,7-8,11-12,18H,5-6,9-10H2,1-3H3/t11-,12?/m0/s1. The molecule has 18 heavy (non-hydrogen) atoms. The third-order valence-corrected chi connectivity index (χ3v) is 3.78. The molecule has 1 aromatic heterocycles. The molecule has 1 N–H and O–H groups in total. The molecule has 1 fully saturated rings. The van der Waals surface area contributed by atoms with E-state index in [1.807, 2.05) is 12.1 Å². The SMILES string of the molecule is C[C@H](O)c1cccnc1N(C)CC1CCCN1C. The highest BCUT2D eigenvalue weighted by Crippen LogP contribution is 2.24. The maximum absolute atomic E-state index is 9.79. The minimum atomic E-state index is -0.475. The van der Waals surface area contributed by atoms with Gasteiger partial charge in [-0.15, -0.1) is 0 Å². The first-order valence-corrected chi connectivity index (χ1v) is 6.64. The van der Waals surface area contributed by atoms with E-state index in [1.165, 1.54) is 19.4 Å². The zero-order valence-corrected chi connectivity index (χ0v) is 11.5. The summed E-state index contributed by atoms with van der Waals surface area (Å²) in [7, 11) is 4.24. The van der Waals surface area contributed by atoms with E-state index < -0.39 is 6.10 Å². The van der Waals surface area contributed by atoms with Gasteiger partial charge in [-0.25, -0.2) is 4.98 Å². The normalized spacial score (nSPS) is 22.1. The molecule has 4 heteroatoms. The molecule has 1 aromatic rings. The van der Waals surface area contributed by atoms with Crippen molar-refractivity contribution < 1.29 is 5.11 Å². The largest absolute Gasteiger partial charge is 0.389 e. The number of aliphatic hydroxyl groups excluding tert-OH is 1. The van der Waals surface area contributed by atoms with E-state index in [2.05, 4.69) is 28.9 Å². The summed E-state index contributed by atoms with van der Waals surface area (Å²) in [5.41, 5.74) is 0.903. The molecule has 0 spiro atoms. The van der Waals surface area contributed by atoms with Crippen LogP contribution in [0.15, 0.2) is 18.3 Å². The van der Waals surface area contributed by atoms with Crippen LogP contribution in [0.4, 0.5) is 5.82 Å². The average Bonchev–Trinajstić information content (AvgIpc) is 2.75. The van der Waals surface area contributed by atoms with Gasteiger partial charge >= 0.3 is 0 Å². The van der Waals surface area contributed by atoms with Gasteiger partial charge in [0, 0.05) is 31.4 Å². The number of hydrogen-bond acceptors (Lipinski definition) is 4. The van der Waals surface area contributed by atoms with Gasteiger partial charge in [-0.3, -0.25) is 0 Å². The summed E-state index contributed by atoms with van der Waals surface area (Å²) in [5.74, 6) is 0.896. The number of rotatable bonds is 4. The summed E-state index contributed by atoms with van der Waals surface area (Å²) in [6.45, 7) is 3.94. The Morgan fingerprint density at radius 1 is 1.61 bits per heavy atom. The van der Waals surface area contributed by atoms with Gasteiger partial charge in [-0.2, -0.15) is 0 Å². The Labute approximate surface area is 109 Å². The number of nitrogens with zero attached hydrogens (tertiary/aromatic N) is 3. The zero-order valence-electron chi connectivity index (χ0n) is 11.5. The first kappa shape index (κ1) is 13.3. The number of likely N-dealkylation sites (N-methyl/N-ethyl adjacent to an activating group) is 2. The summed E-state index contributed by atoms with van der Waals surface area (Å²) >= 11 is 0. The van der Waals surface area contributed by atoms with Crippen LogP contribution >= 0.6 is 0 Å². The Balaban J connectivity index is 2.10. The minimum absolute atomic E-state index is 0.475. The first-order valence-electron chi connectivity index (χ1n) is 6.64. The lowest BCUT2D eigenvalue weighted by Crippen LogP contribution is -2.37. The van der Waals surface area contributed by atoms with E-state index in [0.717, 1.165) is 17.9 Å². The number of likely N-dealkylation sites (tertiary alicyclic amines) is 1. The molecule has 1 aliphatic heterocycles. The summed E-state index contributed by atoms with van der Waals surface area (Å²) in [5, 5.41) is 9.79. The average molecular weight is 249 g/mol. The number of hydrogen-bond donors (Lipinski definition) is 1. The topological polar surface area (TPSA) is 39.6 Å². The van der Waals surface area contributed by atoms with E-state index >= 15 is 0 Å². The molecule has 2 heterocycles. The summed E-state index contributed by atoms with van der Waals surface area (Å²) in [6, 6.07) is 4.42. The van der Waals surface area contributed by atoms with E-state index in [-0.39, 0.29) is 0 Å². The molecule has 0 amide bonds. The van der Waals surface area contributed by atoms with E-state index in [9.17, 15) is 5.11 Å². The Kier molecular flexibility index (Phi) is 4.19. The van der Waals surface area contributed by atoms with Crippen molar-refractivity contribution in [2.45, 2.75) is 31.9 Å². The van der Waals surface area contributed by atoms with Crippen molar-refractivity contribution in [3.8, 4) is 0 Å². The second-order valence-corrected chi connectivity index (χ2v) is 5.25. The van der Waals surface area contributed by atoms with Crippen molar-refractivity contribution in [2.24, 2.45) is 0 Å². The minimum Gasteiger partial charge on any atom is -0.389 e. The summed E-state index contributed by atoms with van der Waals surface area (Å²) in [6.07, 6.45) is 3.84. The van der Waals surface area contributed by atoms with E-state index in [4.69, 9.17) is 0 Å². The van der Waals surface area contributed by atoms with Crippen LogP contribution in [0.25, 0.3) is 0 Å². The van der Waals surface area contributed by atoms with Crippen molar-refractivity contribution in [3.05, 3.63) is 23.9 Å². The van der Waals surface area contributed by atoms with Gasteiger partial charge in [0.2, 0.25) is 0 Å². The molecule has 100 valence electrons. The maximum Gasteiger partial charge on any atom is 0.134 e. The monoisotopic (exact) mass is 249 g/mol. The number of pyridine rings is 1. The molecule has 1 saturated heterocycles. The van der Waals surface area contributed by atoms with E-state index in [1.54, 1.807) is 13.1 Å². The molecule has 0 aliphatic carbocycles. The Bertz CT molecular complexity index is 394. The van der Waals surface area contributed by atoms with Crippen LogP contribution in [0.5, 0.6) is 0 Å². The molecule has 4 nitrogen and oxygen atoms in total. The van der Waals surface area contributed by atoms with Crippen molar-refractivity contribution in [2.75, 3.05) is 32.1 Å². The fourth-order valence-corrected chi connectivity index (χ4v) is 2.67. The molecule has 0 radical (unpaired) electrons. The number of aromatic nitrogens is 1. The van der Waals surface area contributed by atoms with Gasteiger partial charge in [-0.1, -0.05) is 6.07 Å². The smallest absolute Gasteiger partial charge is 0.134 e. The molecule has 2 rings (SSSR count). The summed E-state index contributed by atoms with van der Waals surface area (Å²) < 4.78 is 0. The van der Waals surface area contributed by atoms with Crippen LogP contribution in [0.2, 0.25) is 0 Å². The quantitative estimate of drug-likeness (QED) is 0.881. The highest BCUT2D eigenvalue weighted by molar-refractivity contribution is 5.47. The molecular formula is C14H23N3O. The maximum atomic E-state index is 9.79. The van der Waals surface area contributed by atoms with Gasteiger partial charge < -0.3 is 14.9 Å². The highest BCUT2D eigenvalue weighted by atomic mass is 16.3. The third-order valence-electron chi connectivity index (χ3n) is 3.78. The van der Waals surface area contributed by atoms with Crippen molar-refractivity contribution in [1.29, 1.82) is 0 Å². The molecule has 1 aliphatic rings. The molecule has 0 saturated carbocycles. The molecule has 2 atom stereocenters. The summed E-state index contributed by atoms with van der Waals surface area (Å²) in [4.78, 5) is 8.98. The lowest BCUT2D eigenvalue weighted by atomic mass is 10.1. The predicted octanol–water partition coefficient (Wildman–Crippen LogP) is 1.67. The lowest BCUT2D eigenvalue weighted by Gasteiger charge is -2.28. The van der Waals surface area contributed by atoms with Gasteiger partial charge in [0.05, 0.1) is 6.10 Å². The van der Waals surface area contributed by atoms with Gasteiger partial charge in [0.1, 0.15) is 5.82 Å². The second kappa shape index (κ2) is 5.67. The van der Waals surface area contributed by atoms with Crippen LogP contribution in [0, 0.1) is 0 Å². The zero-order chi connectivity index (χ0) is 13.1. The number of anilines is 1. The molecule has 0 aromatic carbocycles. The van der Waals surface area contributed by atoms with Crippen molar-refractivity contribution >= 4 is 5.82 Å². The molecular weight excluding hydrogens is 226 g/mol. The van der Waals surface area contributed by atoms with Gasteiger partial charge in [-0.05, 0) is 39.4 Å². The van der Waals surface area contributed by atoms with Crippen LogP contribution in [-0.2, 0) is 0 Å². The first-order chi connectivity index (χ1) is 8.59. The van der Waals surface area contributed by atoms with Crippen LogP contribution < -0.4 is 4.90 Å². The van der Waals surface area contributed by atoms with E-state index in [0.29, 0.717) is 6.04 Å². The fourth-order valence-electron chi connectivity index (χ4n) is 2.67. The Morgan fingerprint density at radius 3 is 3.00 bits per heavy atom. The van der Waals surface area contributed by atoms with Gasteiger partial charge in [0.25, 0.3) is 0 Å². The Morgan fingerprint density at radius 2 is 2.39 bits per heavy atom. The lowest BCUT2D eigenvalue weighted by molar-refractivity contribution is 0.199. The molecule has 1 unspecified atom stereocenters. The highest BCUT2D eigenvalue weighted by Gasteiger charge is 2.23. The van der Waals surface area contributed by atoms with Crippen LogP contribution in [0.1, 0.15) is 31.4 Å². The fraction of sp³-hybridized carbons (Fsp3) is 0.643. The second-order valence-electron chi connectivity index (χ2n) is 5.25. The van der Waals surface area contributed by atoms with Crippen molar-refractivity contribution in [3.63, 3.8) is 0 Å². The van der Waals surface area contributed by atoms with Crippen LogP contribution in [-0.4, -0.2) is 48.2 Å². The van der Waals surface area contributed by atoms with Crippen LogP contribution in [0.3, 0.4) is 0 Å².